The summed E-state index contributed by atoms with van der Waals surface area (Å²) in [5.41, 5.74) is -2.40. The van der Waals surface area contributed by atoms with Crippen LogP contribution in [-0.2, 0) is 29.1 Å². The molecular weight excluding hydrogens is 697 g/mol. The molecule has 2 aliphatic carbocycles. The van der Waals surface area contributed by atoms with Gasteiger partial charge in [-0.05, 0) is 109 Å². The lowest BCUT2D eigenvalue weighted by Gasteiger charge is -2.33. The number of rotatable bonds is 6. The maximum absolute atomic E-state index is 14.6. The normalized spacial score (nSPS) is 31.0. The number of hydrogen-bond donors (Lipinski definition) is 4. The van der Waals surface area contributed by atoms with Gasteiger partial charge in [-0.1, -0.05) is 26.0 Å². The lowest BCUT2D eigenvalue weighted by atomic mass is 9.88. The lowest BCUT2D eigenvalue weighted by Crippen LogP contribution is -2.59. The van der Waals surface area contributed by atoms with Crippen LogP contribution in [0, 0.1) is 23.6 Å². The third-order valence-corrected chi connectivity index (χ3v) is 12.8. The Labute approximate surface area is 303 Å². The number of carboxylic acid groups (broad SMARTS) is 1. The Balaban J connectivity index is 1.54. The highest BCUT2D eigenvalue weighted by atomic mass is 32.2. The van der Waals surface area contributed by atoms with Crippen LogP contribution in [0.25, 0.3) is 0 Å². The minimum Gasteiger partial charge on any atom is -0.465 e. The number of nitrogens with one attached hydrogen (secondary N) is 3. The average Bonchev–Trinajstić information content (AvgIpc) is 3.91. The Bertz CT molecular complexity index is 1730. The Hall–Kier alpha value is -4.21. The van der Waals surface area contributed by atoms with Crippen molar-refractivity contribution in [1.29, 1.82) is 0 Å². The third-order valence-electron chi connectivity index (χ3n) is 10.6. The summed E-state index contributed by atoms with van der Waals surface area (Å²) in [6.07, 6.45) is 3.98. The van der Waals surface area contributed by atoms with Crippen LogP contribution in [-0.4, -0.2) is 88.9 Å². The molecule has 5 amide bonds. The second-order valence-electron chi connectivity index (χ2n) is 16.1. The molecule has 16 heteroatoms. The fourth-order valence-electron chi connectivity index (χ4n) is 7.23. The first-order valence-electron chi connectivity index (χ1n) is 17.8. The van der Waals surface area contributed by atoms with E-state index in [4.69, 9.17) is 4.74 Å². The summed E-state index contributed by atoms with van der Waals surface area (Å²) in [6.45, 7) is 10.1. The third kappa shape index (κ3) is 8.37. The van der Waals surface area contributed by atoms with Gasteiger partial charge in [-0.2, -0.15) is 0 Å². The number of allylic oxidation sites excluding steroid dienone is 1. The predicted octanol–water partition coefficient (Wildman–Crippen LogP) is 4.06. The van der Waals surface area contributed by atoms with E-state index in [1.54, 1.807) is 33.8 Å². The van der Waals surface area contributed by atoms with Crippen molar-refractivity contribution >= 4 is 45.6 Å². The summed E-state index contributed by atoms with van der Waals surface area (Å²) in [6, 6.07) is 1.25. The minimum absolute atomic E-state index is 0.0834. The van der Waals surface area contributed by atoms with Crippen LogP contribution in [0.3, 0.4) is 0 Å². The zero-order valence-electron chi connectivity index (χ0n) is 30.5. The standard InChI is InChI=1S/C36H50FN5O9S/c1-21-9-7-8-10-23-19-36(23,31(45)40-52(49,50)35(6)15-16-35)39-29(43)27-18-26(42(33(47)48)25-13-11-24(37)12-14-25)20-41(27)30(44)28(22(2)17-21)38-32(46)51-34(3,4)5/h8,10-14,21-23,26-28H,7,9,15-20H2,1-6H3,(H,38,46)(H,39,43)(H,40,45)(H,47,48)/b10-8-/t21-,22-,23-,26-,27+,28+,36-/m1/s1. The molecule has 0 aromatic heterocycles. The molecule has 5 rings (SSSR count). The van der Waals surface area contributed by atoms with Crippen molar-refractivity contribution in [2.45, 2.75) is 121 Å². The molecule has 4 N–H and O–H groups in total. The second-order valence-corrected chi connectivity index (χ2v) is 18.3. The van der Waals surface area contributed by atoms with Crippen molar-refractivity contribution in [3.8, 4) is 0 Å². The number of anilines is 1. The number of sulfonamides is 1. The molecule has 1 aromatic carbocycles. The van der Waals surface area contributed by atoms with Gasteiger partial charge in [0.2, 0.25) is 21.8 Å². The second kappa shape index (κ2) is 14.3. The Morgan fingerprint density at radius 2 is 1.75 bits per heavy atom. The molecule has 0 unspecified atom stereocenters. The van der Waals surface area contributed by atoms with Crippen LogP contribution in [0.5, 0.6) is 0 Å². The van der Waals surface area contributed by atoms with E-state index >= 15 is 0 Å². The molecule has 3 fully saturated rings. The van der Waals surface area contributed by atoms with Gasteiger partial charge >= 0.3 is 12.2 Å². The fourth-order valence-corrected chi connectivity index (χ4v) is 8.54. The van der Waals surface area contributed by atoms with E-state index in [9.17, 15) is 41.9 Å². The van der Waals surface area contributed by atoms with E-state index in [-0.39, 0.29) is 31.0 Å². The number of alkyl carbamates (subject to hydrolysis) is 1. The van der Waals surface area contributed by atoms with E-state index < -0.39 is 91.6 Å². The molecule has 4 aliphatic rings. The predicted molar refractivity (Wildman–Crippen MR) is 189 cm³/mol. The van der Waals surface area contributed by atoms with Crippen molar-refractivity contribution in [2.75, 3.05) is 11.4 Å². The number of halogens is 1. The van der Waals surface area contributed by atoms with Gasteiger partial charge in [-0.3, -0.25) is 24.0 Å². The summed E-state index contributed by atoms with van der Waals surface area (Å²) < 4.78 is 46.6. The van der Waals surface area contributed by atoms with Gasteiger partial charge in [0.25, 0.3) is 5.91 Å². The van der Waals surface area contributed by atoms with Crippen LogP contribution in [0.1, 0.15) is 86.5 Å². The first-order valence-corrected chi connectivity index (χ1v) is 19.3. The molecule has 52 heavy (non-hydrogen) atoms. The number of carbonyl (C=O) groups is 5. The van der Waals surface area contributed by atoms with Gasteiger partial charge in [-0.25, -0.2) is 22.4 Å². The highest BCUT2D eigenvalue weighted by Crippen LogP contribution is 2.47. The first-order chi connectivity index (χ1) is 24.2. The molecule has 2 saturated carbocycles. The average molecular weight is 748 g/mol. The number of benzene rings is 1. The number of carbonyl (C=O) groups excluding carboxylic acids is 4. The van der Waals surface area contributed by atoms with Crippen molar-refractivity contribution < 1.29 is 46.6 Å². The topological polar surface area (TPSA) is 192 Å². The van der Waals surface area contributed by atoms with Gasteiger partial charge in [-0.15, -0.1) is 0 Å². The van der Waals surface area contributed by atoms with Gasteiger partial charge in [0.15, 0.2) is 0 Å². The summed E-state index contributed by atoms with van der Waals surface area (Å²) in [7, 11) is -4.06. The molecule has 1 saturated heterocycles. The summed E-state index contributed by atoms with van der Waals surface area (Å²) >= 11 is 0. The van der Waals surface area contributed by atoms with Crippen LogP contribution in [0.4, 0.5) is 19.7 Å². The molecule has 2 aliphatic heterocycles. The number of amides is 5. The molecule has 0 spiro atoms. The molecule has 2 heterocycles. The van der Waals surface area contributed by atoms with E-state index in [1.165, 1.54) is 17.0 Å². The minimum atomic E-state index is -4.06. The van der Waals surface area contributed by atoms with Crippen molar-refractivity contribution in [3.05, 3.63) is 42.2 Å². The molecular formula is C36H50FN5O9S. The quantitative estimate of drug-likeness (QED) is 0.311. The summed E-state index contributed by atoms with van der Waals surface area (Å²) in [4.78, 5) is 70.8. The molecule has 0 radical (unpaired) electrons. The zero-order chi connectivity index (χ0) is 38.4. The first kappa shape index (κ1) is 39.0. The Kier molecular flexibility index (Phi) is 10.7. The van der Waals surface area contributed by atoms with Crippen LogP contribution >= 0.6 is 0 Å². The molecule has 1 aromatic rings. The lowest BCUT2D eigenvalue weighted by molar-refractivity contribution is -0.142. The van der Waals surface area contributed by atoms with E-state index in [1.807, 2.05) is 19.9 Å². The van der Waals surface area contributed by atoms with Crippen LogP contribution in [0.15, 0.2) is 36.4 Å². The van der Waals surface area contributed by atoms with Gasteiger partial charge in [0.05, 0.1) is 10.8 Å². The van der Waals surface area contributed by atoms with Crippen molar-refractivity contribution in [2.24, 2.45) is 17.8 Å². The SMILES string of the molecule is C[C@@H]1CC/C=C\[C@@H]2C[C@@]2(C(=O)NS(=O)(=O)C2(C)CC2)NC(=O)[C@@H]2C[C@@H](N(C(=O)O)c3ccc(F)cc3)CN2C(=O)[C@@H](NC(=O)OC(C)(C)C)[C@H](C)C1. The summed E-state index contributed by atoms with van der Waals surface area (Å²) in [5, 5.41) is 15.8. The highest BCUT2D eigenvalue weighted by molar-refractivity contribution is 7.91. The molecule has 0 bridgehead atoms. The number of ether oxygens (including phenoxy) is 1. The molecule has 286 valence electrons. The fraction of sp³-hybridized carbons (Fsp3) is 0.639. The van der Waals surface area contributed by atoms with Gasteiger partial charge < -0.3 is 25.4 Å². The summed E-state index contributed by atoms with van der Waals surface area (Å²) in [5.74, 6) is -3.80. The van der Waals surface area contributed by atoms with Crippen molar-refractivity contribution in [3.63, 3.8) is 0 Å². The van der Waals surface area contributed by atoms with Crippen LogP contribution < -0.4 is 20.3 Å². The largest absolute Gasteiger partial charge is 0.465 e. The Morgan fingerprint density at radius 1 is 1.10 bits per heavy atom. The maximum atomic E-state index is 14.6. The zero-order valence-corrected chi connectivity index (χ0v) is 31.3. The number of fused-ring (bicyclic) bond motifs is 2. The van der Waals surface area contributed by atoms with Gasteiger partial charge in [0, 0.05) is 18.2 Å². The van der Waals surface area contributed by atoms with E-state index in [0.717, 1.165) is 17.0 Å². The number of nitrogens with zero attached hydrogens (tertiary/aromatic N) is 2. The number of hydrogen-bond acceptors (Lipinski definition) is 8. The van der Waals surface area contributed by atoms with Crippen molar-refractivity contribution in [1.82, 2.24) is 20.3 Å². The van der Waals surface area contributed by atoms with Gasteiger partial charge in [0.1, 0.15) is 29.0 Å². The van der Waals surface area contributed by atoms with E-state index in [0.29, 0.717) is 32.1 Å². The molecule has 7 atom stereocenters. The van der Waals surface area contributed by atoms with E-state index in [2.05, 4.69) is 15.4 Å². The monoisotopic (exact) mass is 747 g/mol. The molecule has 14 nitrogen and oxygen atoms in total. The maximum Gasteiger partial charge on any atom is 0.412 e. The Morgan fingerprint density at radius 3 is 2.35 bits per heavy atom. The smallest absolute Gasteiger partial charge is 0.412 e. The highest BCUT2D eigenvalue weighted by Gasteiger charge is 2.63. The van der Waals surface area contributed by atoms with Crippen LogP contribution in [0.2, 0.25) is 0 Å².